The van der Waals surface area contributed by atoms with Gasteiger partial charge in [-0.2, -0.15) is 0 Å². The zero-order chi connectivity index (χ0) is 21.2. The minimum atomic E-state index is -2.22. The Kier molecular flexibility index (Phi) is 6.73. The molecule has 1 aliphatic rings. The molecule has 0 N–H and O–H groups in total. The van der Waals surface area contributed by atoms with Gasteiger partial charge in [0, 0.05) is 0 Å². The summed E-state index contributed by atoms with van der Waals surface area (Å²) < 4.78 is 22.9. The van der Waals surface area contributed by atoms with Gasteiger partial charge in [0.2, 0.25) is 0 Å². The van der Waals surface area contributed by atoms with Gasteiger partial charge in [0.1, 0.15) is 23.6 Å². The molecule has 0 aliphatic carbocycles. The molecule has 28 heavy (non-hydrogen) atoms. The highest BCUT2D eigenvalue weighted by Crippen LogP contribution is 2.43. The molecule has 0 bridgehead atoms. The second-order valence-electron chi connectivity index (χ2n) is 9.01. The van der Waals surface area contributed by atoms with Crippen LogP contribution in [-0.2, 0) is 30.1 Å². The van der Waals surface area contributed by atoms with Crippen molar-refractivity contribution in [1.29, 1.82) is 0 Å². The molecule has 0 spiro atoms. The highest BCUT2D eigenvalue weighted by atomic mass is 28.4. The number of benzene rings is 1. The van der Waals surface area contributed by atoms with Gasteiger partial charge in [-0.1, -0.05) is 32.9 Å². The second-order valence-corrected chi connectivity index (χ2v) is 13.8. The lowest BCUT2D eigenvalue weighted by Gasteiger charge is -2.41. The van der Waals surface area contributed by atoms with Crippen LogP contribution in [0.2, 0.25) is 18.1 Å². The number of esters is 1. The maximum absolute atomic E-state index is 12.4. The first-order valence-electron chi connectivity index (χ1n) is 9.50. The van der Waals surface area contributed by atoms with E-state index < -0.39 is 31.9 Å². The summed E-state index contributed by atoms with van der Waals surface area (Å²) in [5.41, 5.74) is -0.339. The van der Waals surface area contributed by atoms with Gasteiger partial charge in [0.15, 0.2) is 14.4 Å². The fraction of sp³-hybridized carbons (Fsp3) is 0.619. The molecular formula is C21H32O6Si. The van der Waals surface area contributed by atoms with Gasteiger partial charge in [0.25, 0.3) is 0 Å². The lowest BCUT2D eigenvalue weighted by atomic mass is 9.86. The van der Waals surface area contributed by atoms with E-state index in [1.165, 1.54) is 0 Å². The van der Waals surface area contributed by atoms with Gasteiger partial charge in [0.05, 0.1) is 20.3 Å². The summed E-state index contributed by atoms with van der Waals surface area (Å²) >= 11 is 0. The maximum Gasteiger partial charge on any atom is 0.322 e. The van der Waals surface area contributed by atoms with E-state index in [1.54, 1.807) is 14.0 Å². The van der Waals surface area contributed by atoms with Crippen LogP contribution in [0.5, 0.6) is 5.75 Å². The number of hydrogen-bond acceptors (Lipinski definition) is 6. The van der Waals surface area contributed by atoms with Crippen LogP contribution in [0.1, 0.15) is 33.3 Å². The molecule has 7 heteroatoms. The fourth-order valence-electron chi connectivity index (χ4n) is 2.77. The number of cyclic esters (lactones) is 1. The fourth-order valence-corrected chi connectivity index (χ4v) is 4.16. The Morgan fingerprint density at radius 2 is 1.82 bits per heavy atom. The Hall–Kier alpha value is -1.70. The largest absolute Gasteiger partial charge is 0.497 e. The topological polar surface area (TPSA) is 71.1 Å². The standard InChI is InChI=1S/C21H32O6Si/c1-20(2,3)28(6,7)27-18-17(26-19(23)21(18,4)14-22)13-25-12-15-8-10-16(24-5)11-9-15/h8-11,14,17-18H,12-13H2,1-7H3/t17-,18-,21-/m1/s1. The zero-order valence-corrected chi connectivity index (χ0v) is 18.9. The van der Waals surface area contributed by atoms with E-state index in [0.29, 0.717) is 12.9 Å². The number of carbonyl (C=O) groups is 2. The highest BCUT2D eigenvalue weighted by molar-refractivity contribution is 6.74. The zero-order valence-electron chi connectivity index (χ0n) is 17.9. The van der Waals surface area contributed by atoms with Crippen molar-refractivity contribution in [1.82, 2.24) is 0 Å². The summed E-state index contributed by atoms with van der Waals surface area (Å²) in [6.07, 6.45) is -0.624. The number of methoxy groups -OCH3 is 1. The van der Waals surface area contributed by atoms with Gasteiger partial charge in [-0.05, 0) is 42.8 Å². The number of aldehydes is 1. The van der Waals surface area contributed by atoms with Crippen molar-refractivity contribution >= 4 is 20.6 Å². The monoisotopic (exact) mass is 408 g/mol. The Morgan fingerprint density at radius 3 is 2.32 bits per heavy atom. The molecule has 156 valence electrons. The molecule has 6 nitrogen and oxygen atoms in total. The summed E-state index contributed by atoms with van der Waals surface area (Å²) in [5.74, 6) is 0.224. The van der Waals surface area contributed by atoms with E-state index in [1.807, 2.05) is 24.3 Å². The minimum absolute atomic E-state index is 0.0586. The van der Waals surface area contributed by atoms with Crippen LogP contribution in [0.4, 0.5) is 0 Å². The van der Waals surface area contributed by atoms with Crippen LogP contribution in [0, 0.1) is 5.41 Å². The third-order valence-corrected chi connectivity index (χ3v) is 10.3. The lowest BCUT2D eigenvalue weighted by molar-refractivity contribution is -0.150. The van der Waals surface area contributed by atoms with Gasteiger partial charge in [-0.15, -0.1) is 0 Å². The summed E-state index contributed by atoms with van der Waals surface area (Å²) in [6.45, 7) is 12.7. The first-order valence-corrected chi connectivity index (χ1v) is 12.4. The van der Waals surface area contributed by atoms with E-state index in [-0.39, 0.29) is 11.6 Å². The summed E-state index contributed by atoms with van der Waals surface area (Å²) in [6, 6.07) is 7.56. The van der Waals surface area contributed by atoms with Gasteiger partial charge >= 0.3 is 5.97 Å². The minimum Gasteiger partial charge on any atom is -0.497 e. The SMILES string of the molecule is COc1ccc(COC[C@H]2OC(=O)[C@](C)(C=O)[C@@H]2O[Si](C)(C)C(C)(C)C)cc1. The smallest absolute Gasteiger partial charge is 0.322 e. The first kappa shape index (κ1) is 22.6. The van der Waals surface area contributed by atoms with Crippen molar-refractivity contribution in [2.24, 2.45) is 5.41 Å². The molecule has 0 saturated carbocycles. The molecule has 0 unspecified atom stereocenters. The highest BCUT2D eigenvalue weighted by Gasteiger charge is 2.58. The number of ether oxygens (including phenoxy) is 3. The van der Waals surface area contributed by atoms with E-state index in [9.17, 15) is 9.59 Å². The van der Waals surface area contributed by atoms with E-state index >= 15 is 0 Å². The van der Waals surface area contributed by atoms with E-state index in [4.69, 9.17) is 18.6 Å². The van der Waals surface area contributed by atoms with Crippen molar-refractivity contribution in [3.63, 3.8) is 0 Å². The molecule has 0 aromatic heterocycles. The molecule has 1 heterocycles. The van der Waals surface area contributed by atoms with Crippen molar-refractivity contribution in [3.05, 3.63) is 29.8 Å². The predicted molar refractivity (Wildman–Crippen MR) is 109 cm³/mol. The Labute approximate surface area is 168 Å². The number of rotatable bonds is 8. The summed E-state index contributed by atoms with van der Waals surface area (Å²) in [4.78, 5) is 24.2. The molecule has 0 amide bonds. The second kappa shape index (κ2) is 8.35. The summed E-state index contributed by atoms with van der Waals surface area (Å²) in [7, 11) is -0.603. The molecule has 1 aromatic rings. The molecule has 2 rings (SSSR count). The van der Waals surface area contributed by atoms with Crippen molar-refractivity contribution in [2.45, 2.75) is 64.6 Å². The van der Waals surface area contributed by atoms with E-state index in [2.05, 4.69) is 33.9 Å². The lowest BCUT2D eigenvalue weighted by Crippen LogP contribution is -2.52. The van der Waals surface area contributed by atoms with Crippen molar-refractivity contribution in [3.8, 4) is 5.75 Å². The molecule has 3 atom stereocenters. The molecule has 1 fully saturated rings. The average Bonchev–Trinajstić information content (AvgIpc) is 2.86. The Bertz CT molecular complexity index is 694. The average molecular weight is 409 g/mol. The van der Waals surface area contributed by atoms with Crippen LogP contribution in [-0.4, -0.2) is 46.5 Å². The van der Waals surface area contributed by atoms with Crippen LogP contribution in [0.3, 0.4) is 0 Å². The van der Waals surface area contributed by atoms with Crippen LogP contribution >= 0.6 is 0 Å². The molecule has 1 aliphatic heterocycles. The van der Waals surface area contributed by atoms with Crippen LogP contribution < -0.4 is 4.74 Å². The molecule has 0 radical (unpaired) electrons. The van der Waals surface area contributed by atoms with Crippen LogP contribution in [0.25, 0.3) is 0 Å². The molecular weight excluding hydrogens is 376 g/mol. The number of carbonyl (C=O) groups excluding carboxylic acids is 2. The van der Waals surface area contributed by atoms with Gasteiger partial charge in [-0.25, -0.2) is 0 Å². The maximum atomic E-state index is 12.4. The van der Waals surface area contributed by atoms with Crippen molar-refractivity contribution in [2.75, 3.05) is 13.7 Å². The van der Waals surface area contributed by atoms with Gasteiger partial charge < -0.3 is 23.4 Å². The van der Waals surface area contributed by atoms with Gasteiger partial charge in [-0.3, -0.25) is 4.79 Å². The Morgan fingerprint density at radius 1 is 1.21 bits per heavy atom. The van der Waals surface area contributed by atoms with E-state index in [0.717, 1.165) is 11.3 Å². The molecule has 1 saturated heterocycles. The van der Waals surface area contributed by atoms with Crippen LogP contribution in [0.15, 0.2) is 24.3 Å². The third kappa shape index (κ3) is 4.64. The Balaban J connectivity index is 2.09. The third-order valence-electron chi connectivity index (χ3n) is 5.81. The predicted octanol–water partition coefficient (Wildman–Crippen LogP) is 3.73. The summed E-state index contributed by atoms with van der Waals surface area (Å²) in [5, 5.41) is -0.0586. The number of hydrogen-bond donors (Lipinski definition) is 0. The first-order chi connectivity index (χ1) is 12.9. The quantitative estimate of drug-likeness (QED) is 0.282. The normalized spacial score (nSPS) is 25.5. The van der Waals surface area contributed by atoms with Crippen molar-refractivity contribution < 1.29 is 28.2 Å². The molecule has 1 aromatic carbocycles.